The minimum absolute atomic E-state index is 0.481. The molecule has 1 unspecified atom stereocenters. The van der Waals surface area contributed by atoms with Gasteiger partial charge in [-0.1, -0.05) is 5.09 Å². The Kier molecular flexibility index (Phi) is 6.60. The van der Waals surface area contributed by atoms with Crippen molar-refractivity contribution >= 4 is 14.1 Å². The largest absolute Gasteiger partial charge is 0.613 e. The van der Waals surface area contributed by atoms with Crippen molar-refractivity contribution in [2.24, 2.45) is 0 Å². The van der Waals surface area contributed by atoms with E-state index in [1.807, 2.05) is 4.98 Å². The molecule has 27 heavy (non-hydrogen) atoms. The number of nitrogens with zero attached hydrogens (tertiary/aromatic N) is 1. The summed E-state index contributed by atoms with van der Waals surface area (Å²) in [4.78, 5) is 36.2. The third-order valence-corrected chi connectivity index (χ3v) is 5.01. The smallest absolute Gasteiger partial charge is 0.468 e. The van der Waals surface area contributed by atoms with Crippen LogP contribution in [-0.2, 0) is 23.4 Å². The first-order chi connectivity index (χ1) is 12.6. The molecule has 1 fully saturated rings. The number of aliphatic hydroxyl groups is 1. The monoisotopic (exact) mass is 408 g/mol. The Hall–Kier alpha value is -1.98. The highest BCUT2D eigenvalue weighted by Crippen LogP contribution is 2.41. The van der Waals surface area contributed by atoms with Gasteiger partial charge in [-0.2, -0.15) is 0 Å². The maximum Gasteiger partial charge on any atom is 0.613 e. The standard InChI is InChI=1S/C14H19FN3O8P/c1-7(11(21)24-3)17-27(23)25-6-8-10(20)14(2,15)12(26-8)18-5-4-9(19)16-13(18)22/h4-5,7-8,10,12,20H,6H2,1-3H3,(H-,16,17,19,22,23)/p+1/t7-,8+,10+,12+,14+/m0/s1. The van der Waals surface area contributed by atoms with E-state index in [0.29, 0.717) is 0 Å². The Labute approximate surface area is 153 Å². The number of methoxy groups -OCH3 is 1. The van der Waals surface area contributed by atoms with Crippen LogP contribution in [-0.4, -0.2) is 58.3 Å². The highest BCUT2D eigenvalue weighted by atomic mass is 31.1. The lowest BCUT2D eigenvalue weighted by Crippen LogP contribution is -2.43. The van der Waals surface area contributed by atoms with E-state index in [-0.39, 0.29) is 0 Å². The predicted molar refractivity (Wildman–Crippen MR) is 88.9 cm³/mol. The van der Waals surface area contributed by atoms with Gasteiger partial charge in [0.25, 0.3) is 5.56 Å². The van der Waals surface area contributed by atoms with Crippen LogP contribution in [0.1, 0.15) is 20.1 Å². The Bertz CT molecular complexity index is 825. The summed E-state index contributed by atoms with van der Waals surface area (Å²) in [5, 5.41) is 12.5. The number of carbonyl (C=O) groups excluding carboxylic acids is 1. The number of esters is 1. The topological polar surface area (TPSA) is 149 Å². The maximum atomic E-state index is 14.9. The van der Waals surface area contributed by atoms with Crippen LogP contribution in [0.5, 0.6) is 0 Å². The fourth-order valence-electron chi connectivity index (χ4n) is 2.53. The van der Waals surface area contributed by atoms with Gasteiger partial charge in [-0.25, -0.2) is 9.18 Å². The van der Waals surface area contributed by atoms with E-state index >= 15 is 0 Å². The maximum absolute atomic E-state index is 14.9. The lowest BCUT2D eigenvalue weighted by Gasteiger charge is -2.24. The van der Waals surface area contributed by atoms with Crippen molar-refractivity contribution in [3.63, 3.8) is 0 Å². The van der Waals surface area contributed by atoms with Gasteiger partial charge >= 0.3 is 19.8 Å². The highest BCUT2D eigenvalue weighted by molar-refractivity contribution is 7.36. The van der Waals surface area contributed by atoms with Crippen molar-refractivity contribution in [3.8, 4) is 0 Å². The number of aromatic nitrogens is 2. The molecule has 0 aliphatic carbocycles. The molecule has 0 bridgehead atoms. The van der Waals surface area contributed by atoms with E-state index in [0.717, 1.165) is 30.9 Å². The fourth-order valence-corrected chi connectivity index (χ4v) is 3.31. The number of rotatable bonds is 7. The molecule has 1 saturated heterocycles. The molecule has 1 aromatic heterocycles. The molecular formula is C14H20FN3O8P+. The van der Waals surface area contributed by atoms with Gasteiger partial charge in [-0.05, 0) is 18.4 Å². The molecule has 13 heteroatoms. The first-order valence-corrected chi connectivity index (χ1v) is 9.03. The van der Waals surface area contributed by atoms with Crippen molar-refractivity contribution in [3.05, 3.63) is 33.1 Å². The van der Waals surface area contributed by atoms with Gasteiger partial charge < -0.3 is 14.6 Å². The van der Waals surface area contributed by atoms with Crippen LogP contribution in [0.3, 0.4) is 0 Å². The lowest BCUT2D eigenvalue weighted by atomic mass is 9.98. The number of aliphatic hydroxyl groups excluding tert-OH is 1. The van der Waals surface area contributed by atoms with Gasteiger partial charge in [0.1, 0.15) is 24.9 Å². The van der Waals surface area contributed by atoms with Gasteiger partial charge in [-0.15, -0.1) is 4.52 Å². The van der Waals surface area contributed by atoms with E-state index in [9.17, 15) is 28.4 Å². The van der Waals surface area contributed by atoms with Crippen LogP contribution in [0.25, 0.3) is 0 Å². The van der Waals surface area contributed by atoms with Crippen LogP contribution in [0.2, 0.25) is 0 Å². The summed E-state index contributed by atoms with van der Waals surface area (Å²) in [5.74, 6) is -0.659. The second kappa shape index (κ2) is 8.36. The first-order valence-electron chi connectivity index (χ1n) is 7.86. The predicted octanol–water partition coefficient (Wildman–Crippen LogP) is -0.652. The normalized spacial score (nSPS) is 29.4. The van der Waals surface area contributed by atoms with Gasteiger partial charge in [0.2, 0.25) is 0 Å². The number of H-pyrrole nitrogens is 1. The van der Waals surface area contributed by atoms with Gasteiger partial charge in [0.15, 0.2) is 11.9 Å². The highest BCUT2D eigenvalue weighted by Gasteiger charge is 2.56. The molecule has 0 radical (unpaired) electrons. The molecule has 2 rings (SSSR count). The molecular weight excluding hydrogens is 388 g/mol. The van der Waals surface area contributed by atoms with Crippen molar-refractivity contribution in [1.82, 2.24) is 14.6 Å². The quantitative estimate of drug-likeness (QED) is 0.395. The van der Waals surface area contributed by atoms with Crippen LogP contribution < -0.4 is 16.3 Å². The molecule has 0 amide bonds. The molecule has 2 heterocycles. The molecule has 6 atom stereocenters. The molecule has 1 aliphatic heterocycles. The molecule has 1 aliphatic rings. The molecule has 0 saturated carbocycles. The van der Waals surface area contributed by atoms with Crippen LogP contribution in [0, 0.1) is 0 Å². The third-order valence-electron chi connectivity index (χ3n) is 4.03. The van der Waals surface area contributed by atoms with E-state index in [2.05, 4.69) is 9.82 Å². The number of halogens is 1. The molecule has 3 N–H and O–H groups in total. The summed E-state index contributed by atoms with van der Waals surface area (Å²) in [6.45, 7) is 1.95. The fraction of sp³-hybridized carbons (Fsp3) is 0.643. The Morgan fingerprint density at radius 2 is 2.26 bits per heavy atom. The van der Waals surface area contributed by atoms with Gasteiger partial charge in [0, 0.05) is 12.3 Å². The summed E-state index contributed by atoms with van der Waals surface area (Å²) in [6, 6.07) is 0.0958. The van der Waals surface area contributed by atoms with Crippen molar-refractivity contribution in [2.75, 3.05) is 13.7 Å². The molecule has 0 aromatic carbocycles. The zero-order chi connectivity index (χ0) is 20.4. The Morgan fingerprint density at radius 1 is 1.59 bits per heavy atom. The van der Waals surface area contributed by atoms with Crippen LogP contribution in [0.15, 0.2) is 21.9 Å². The second-order valence-corrected chi connectivity index (χ2v) is 7.10. The zero-order valence-electron chi connectivity index (χ0n) is 14.7. The minimum atomic E-state index is -2.53. The summed E-state index contributed by atoms with van der Waals surface area (Å²) >= 11 is 0. The van der Waals surface area contributed by atoms with E-state index in [1.165, 1.54) is 6.92 Å². The summed E-state index contributed by atoms with van der Waals surface area (Å²) < 4.78 is 42.4. The van der Waals surface area contributed by atoms with Crippen molar-refractivity contribution in [1.29, 1.82) is 0 Å². The zero-order valence-corrected chi connectivity index (χ0v) is 15.6. The van der Waals surface area contributed by atoms with Crippen molar-refractivity contribution < 1.29 is 32.9 Å². The molecule has 1 aromatic rings. The summed E-state index contributed by atoms with van der Waals surface area (Å²) in [7, 11) is -1.37. The Balaban J connectivity index is 2.05. The number of carbonyl (C=O) groups is 1. The van der Waals surface area contributed by atoms with Gasteiger partial charge in [0.05, 0.1) is 7.11 Å². The SMILES string of the molecule is COC(=O)[C@H](C)N[P+](=O)OC[C@H]1O[C@@H](n2ccc(=O)[nH]c2=O)[C@](C)(F)[C@@H]1O. The van der Waals surface area contributed by atoms with Gasteiger partial charge in [-0.3, -0.25) is 19.1 Å². The summed E-state index contributed by atoms with van der Waals surface area (Å²) in [5.41, 5.74) is -3.98. The second-order valence-electron chi connectivity index (χ2n) is 6.07. The number of hydrogen-bond acceptors (Lipinski definition) is 8. The van der Waals surface area contributed by atoms with Crippen LogP contribution in [0.4, 0.5) is 4.39 Å². The third kappa shape index (κ3) is 4.66. The number of hydrogen-bond donors (Lipinski definition) is 3. The van der Waals surface area contributed by atoms with Crippen molar-refractivity contribution in [2.45, 2.75) is 44.0 Å². The minimum Gasteiger partial charge on any atom is -0.468 e. The number of ether oxygens (including phenoxy) is 2. The van der Waals surface area contributed by atoms with E-state index in [1.54, 1.807) is 0 Å². The van der Waals surface area contributed by atoms with E-state index < -0.39 is 62.2 Å². The molecule has 150 valence electrons. The first kappa shape index (κ1) is 21.3. The molecule has 0 spiro atoms. The number of alkyl halides is 1. The average molecular weight is 408 g/mol. The molecule has 11 nitrogen and oxygen atoms in total. The lowest BCUT2D eigenvalue weighted by molar-refractivity contribution is -0.142. The summed E-state index contributed by atoms with van der Waals surface area (Å²) in [6.07, 6.45) is -3.45. The van der Waals surface area contributed by atoms with Crippen LogP contribution >= 0.6 is 8.18 Å². The van der Waals surface area contributed by atoms with E-state index in [4.69, 9.17) is 9.26 Å². The Morgan fingerprint density at radius 3 is 2.85 bits per heavy atom. The number of aromatic amines is 1. The number of nitrogens with one attached hydrogen (secondary N) is 2. The average Bonchev–Trinajstić information content (AvgIpc) is 2.82.